The minimum Gasteiger partial charge on any atom is -0.345 e. The topological polar surface area (TPSA) is 20.2 Å². The predicted octanol–water partition coefficient (Wildman–Crippen LogP) is 2.94. The number of piperazine rings is 1. The molecule has 1 N–H and O–H groups in total. The summed E-state index contributed by atoms with van der Waals surface area (Å²) in [5, 5.41) is 4.88. The van der Waals surface area contributed by atoms with Crippen LogP contribution >= 0.6 is 0 Å². The van der Waals surface area contributed by atoms with Crippen LogP contribution in [0.15, 0.2) is 24.4 Å². The second kappa shape index (κ2) is 5.58. The first-order valence-electron chi connectivity index (χ1n) is 7.69. The Morgan fingerprint density at radius 3 is 2.65 bits per heavy atom. The van der Waals surface area contributed by atoms with Crippen LogP contribution in [0, 0.1) is 6.92 Å². The van der Waals surface area contributed by atoms with Crippen molar-refractivity contribution in [2.45, 2.75) is 33.4 Å². The van der Waals surface area contributed by atoms with E-state index in [0.29, 0.717) is 6.04 Å². The minimum atomic E-state index is 0.514. The van der Waals surface area contributed by atoms with Gasteiger partial charge in [-0.2, -0.15) is 0 Å². The molecule has 0 amide bonds. The lowest BCUT2D eigenvalue weighted by atomic mass is 10.1. The third kappa shape index (κ3) is 2.48. The van der Waals surface area contributed by atoms with Gasteiger partial charge in [0.05, 0.1) is 0 Å². The lowest BCUT2D eigenvalue weighted by molar-refractivity contribution is 0.234. The van der Waals surface area contributed by atoms with Crippen molar-refractivity contribution in [3.05, 3.63) is 35.5 Å². The van der Waals surface area contributed by atoms with Gasteiger partial charge in [-0.25, -0.2) is 0 Å². The molecule has 0 radical (unpaired) electrons. The quantitative estimate of drug-likeness (QED) is 0.926. The Balaban J connectivity index is 1.98. The maximum atomic E-state index is 3.42. The van der Waals surface area contributed by atoms with Gasteiger partial charge in [-0.05, 0) is 38.0 Å². The zero-order chi connectivity index (χ0) is 14.1. The molecular weight excluding hydrogens is 246 g/mol. The molecule has 3 nitrogen and oxygen atoms in total. The summed E-state index contributed by atoms with van der Waals surface area (Å²) in [5.41, 5.74) is 4.26. The lowest BCUT2D eigenvalue weighted by Crippen LogP contribution is -2.42. The maximum Gasteiger partial charge on any atom is 0.0488 e. The van der Waals surface area contributed by atoms with E-state index in [1.807, 2.05) is 0 Å². The van der Waals surface area contributed by atoms with E-state index < -0.39 is 0 Å². The van der Waals surface area contributed by atoms with E-state index >= 15 is 0 Å². The van der Waals surface area contributed by atoms with Gasteiger partial charge in [0.1, 0.15) is 0 Å². The van der Waals surface area contributed by atoms with Crippen LogP contribution in [0.2, 0.25) is 0 Å². The van der Waals surface area contributed by atoms with Crippen LogP contribution in [0.1, 0.15) is 31.0 Å². The second-order valence-electron chi connectivity index (χ2n) is 6.15. The number of aryl methyl sites for hydroxylation is 1. The Hall–Kier alpha value is -1.32. The van der Waals surface area contributed by atoms with E-state index in [-0.39, 0.29) is 0 Å². The Labute approximate surface area is 121 Å². The van der Waals surface area contributed by atoms with Crippen LogP contribution in [0.25, 0.3) is 10.9 Å². The van der Waals surface area contributed by atoms with Crippen molar-refractivity contribution in [1.29, 1.82) is 0 Å². The molecule has 0 unspecified atom stereocenters. The van der Waals surface area contributed by atoms with Crippen molar-refractivity contribution < 1.29 is 0 Å². The average molecular weight is 271 g/mol. The first-order chi connectivity index (χ1) is 9.66. The summed E-state index contributed by atoms with van der Waals surface area (Å²) in [4.78, 5) is 2.55. The Morgan fingerprint density at radius 1 is 1.20 bits per heavy atom. The van der Waals surface area contributed by atoms with Crippen molar-refractivity contribution in [1.82, 2.24) is 14.8 Å². The molecule has 108 valence electrons. The normalized spacial score (nSPS) is 17.2. The number of benzene rings is 1. The van der Waals surface area contributed by atoms with E-state index in [1.54, 1.807) is 0 Å². The van der Waals surface area contributed by atoms with Crippen LogP contribution in [0.3, 0.4) is 0 Å². The standard InChI is InChI=1S/C17H25N3/c1-13(2)20-11-14(3)17-15(5-4-6-16(17)20)12-19-9-7-18-8-10-19/h4-6,11,13,18H,7-10,12H2,1-3H3. The molecule has 2 aromatic rings. The van der Waals surface area contributed by atoms with Crippen LogP contribution in [-0.2, 0) is 6.54 Å². The predicted molar refractivity (Wildman–Crippen MR) is 85.2 cm³/mol. The number of aromatic nitrogens is 1. The average Bonchev–Trinajstić information content (AvgIpc) is 2.79. The molecule has 0 spiro atoms. The van der Waals surface area contributed by atoms with E-state index in [1.165, 1.54) is 22.0 Å². The fourth-order valence-electron chi connectivity index (χ4n) is 3.27. The van der Waals surface area contributed by atoms with Crippen LogP contribution in [-0.4, -0.2) is 35.6 Å². The molecule has 0 bridgehead atoms. The zero-order valence-corrected chi connectivity index (χ0v) is 12.8. The number of rotatable bonds is 3. The molecule has 1 aliphatic heterocycles. The number of nitrogens with zero attached hydrogens (tertiary/aromatic N) is 2. The van der Waals surface area contributed by atoms with E-state index in [2.05, 4.69) is 60.0 Å². The molecule has 1 aromatic carbocycles. The Morgan fingerprint density at radius 2 is 1.95 bits per heavy atom. The Kier molecular flexibility index (Phi) is 3.81. The number of hydrogen-bond acceptors (Lipinski definition) is 2. The van der Waals surface area contributed by atoms with Crippen LogP contribution in [0.5, 0.6) is 0 Å². The van der Waals surface area contributed by atoms with Gasteiger partial charge in [0.15, 0.2) is 0 Å². The highest BCUT2D eigenvalue weighted by atomic mass is 15.2. The van der Waals surface area contributed by atoms with Crippen LogP contribution in [0.4, 0.5) is 0 Å². The highest BCUT2D eigenvalue weighted by Crippen LogP contribution is 2.28. The number of hydrogen-bond donors (Lipinski definition) is 1. The molecule has 3 rings (SSSR count). The Bertz CT molecular complexity index is 592. The summed E-state index contributed by atoms with van der Waals surface area (Å²) >= 11 is 0. The summed E-state index contributed by atoms with van der Waals surface area (Å²) < 4.78 is 2.39. The van der Waals surface area contributed by atoms with Gasteiger partial charge in [-0.1, -0.05) is 12.1 Å². The van der Waals surface area contributed by atoms with E-state index in [4.69, 9.17) is 0 Å². The highest BCUT2D eigenvalue weighted by molar-refractivity contribution is 5.87. The largest absolute Gasteiger partial charge is 0.345 e. The van der Waals surface area contributed by atoms with Gasteiger partial charge >= 0.3 is 0 Å². The van der Waals surface area contributed by atoms with Gasteiger partial charge in [-0.15, -0.1) is 0 Å². The summed E-state index contributed by atoms with van der Waals surface area (Å²) in [6.45, 7) is 12.3. The summed E-state index contributed by atoms with van der Waals surface area (Å²) in [6.07, 6.45) is 2.30. The van der Waals surface area contributed by atoms with Crippen molar-refractivity contribution in [3.8, 4) is 0 Å². The first kappa shape index (κ1) is 13.7. The first-order valence-corrected chi connectivity index (χ1v) is 7.69. The lowest BCUT2D eigenvalue weighted by Gasteiger charge is -2.27. The molecule has 1 aliphatic rings. The van der Waals surface area contributed by atoms with Gasteiger partial charge in [0.2, 0.25) is 0 Å². The molecule has 1 aromatic heterocycles. The summed E-state index contributed by atoms with van der Waals surface area (Å²) in [6, 6.07) is 7.27. The van der Waals surface area contributed by atoms with Gasteiger partial charge in [0, 0.05) is 55.9 Å². The molecule has 1 saturated heterocycles. The molecule has 20 heavy (non-hydrogen) atoms. The SMILES string of the molecule is Cc1cn(C(C)C)c2cccc(CN3CCNCC3)c12. The molecule has 0 aliphatic carbocycles. The smallest absolute Gasteiger partial charge is 0.0488 e. The third-order valence-electron chi connectivity index (χ3n) is 4.29. The van der Waals surface area contributed by atoms with Crippen molar-refractivity contribution in [3.63, 3.8) is 0 Å². The van der Waals surface area contributed by atoms with Gasteiger partial charge in [-0.3, -0.25) is 4.90 Å². The molecular formula is C17H25N3. The fourth-order valence-corrected chi connectivity index (χ4v) is 3.27. The molecule has 0 atom stereocenters. The van der Waals surface area contributed by atoms with E-state index in [9.17, 15) is 0 Å². The second-order valence-corrected chi connectivity index (χ2v) is 6.15. The monoisotopic (exact) mass is 271 g/mol. The maximum absolute atomic E-state index is 3.42. The molecule has 1 fully saturated rings. The fraction of sp³-hybridized carbons (Fsp3) is 0.529. The number of fused-ring (bicyclic) bond motifs is 1. The van der Waals surface area contributed by atoms with Crippen molar-refractivity contribution in [2.75, 3.05) is 26.2 Å². The summed E-state index contributed by atoms with van der Waals surface area (Å²) in [5.74, 6) is 0. The van der Waals surface area contributed by atoms with Crippen LogP contribution < -0.4 is 5.32 Å². The minimum absolute atomic E-state index is 0.514. The number of nitrogens with one attached hydrogen (secondary N) is 1. The van der Waals surface area contributed by atoms with E-state index in [0.717, 1.165) is 32.7 Å². The third-order valence-corrected chi connectivity index (χ3v) is 4.29. The van der Waals surface area contributed by atoms with Crippen molar-refractivity contribution >= 4 is 10.9 Å². The van der Waals surface area contributed by atoms with Gasteiger partial charge < -0.3 is 9.88 Å². The highest BCUT2D eigenvalue weighted by Gasteiger charge is 2.15. The molecule has 2 heterocycles. The molecule has 3 heteroatoms. The summed E-state index contributed by atoms with van der Waals surface area (Å²) in [7, 11) is 0. The zero-order valence-electron chi connectivity index (χ0n) is 12.8. The van der Waals surface area contributed by atoms with Gasteiger partial charge in [0.25, 0.3) is 0 Å². The molecule has 0 saturated carbocycles. The van der Waals surface area contributed by atoms with Crippen molar-refractivity contribution in [2.24, 2.45) is 0 Å².